The van der Waals surface area contributed by atoms with E-state index in [0.717, 1.165) is 43.3 Å². The molecule has 6 rings (SSSR count). The number of ether oxygens (including phenoxy) is 2. The molecule has 3 saturated carbocycles. The molecule has 5 atom stereocenters. The summed E-state index contributed by atoms with van der Waals surface area (Å²) in [5.74, 6) is 6.09. The van der Waals surface area contributed by atoms with Gasteiger partial charge in [-0.1, -0.05) is 18.6 Å². The van der Waals surface area contributed by atoms with Crippen LogP contribution in [-0.4, -0.2) is 34.6 Å². The number of hydrogen-bond acceptors (Lipinski definition) is 4. The highest BCUT2D eigenvalue weighted by molar-refractivity contribution is 8.21. The Kier molecular flexibility index (Phi) is 4.32. The minimum absolute atomic E-state index is 0.221. The highest BCUT2D eigenvalue weighted by Gasteiger charge is 2.67. The molecular weight excluding hydrogens is 372 g/mol. The molecule has 2 heterocycles. The summed E-state index contributed by atoms with van der Waals surface area (Å²) >= 11 is 4.47. The molecule has 0 N–H and O–H groups in total. The molecule has 0 aromatic rings. The second-order valence-corrected chi connectivity index (χ2v) is 13.0. The molecule has 5 unspecified atom stereocenters. The first-order valence-corrected chi connectivity index (χ1v) is 13.5. The first kappa shape index (κ1) is 18.2. The van der Waals surface area contributed by atoms with E-state index in [9.17, 15) is 0 Å². The minimum Gasteiger partial charge on any atom is -0.347 e. The van der Waals surface area contributed by atoms with Crippen LogP contribution in [0.4, 0.5) is 0 Å². The van der Waals surface area contributed by atoms with Gasteiger partial charge in [-0.05, 0) is 75.0 Å². The highest BCUT2D eigenvalue weighted by Crippen LogP contribution is 2.68. The fourth-order valence-electron chi connectivity index (χ4n) is 8.38. The van der Waals surface area contributed by atoms with Gasteiger partial charge in [0.15, 0.2) is 5.79 Å². The summed E-state index contributed by atoms with van der Waals surface area (Å²) in [7, 11) is 0. The van der Waals surface area contributed by atoms with Crippen molar-refractivity contribution in [1.29, 1.82) is 0 Å². The van der Waals surface area contributed by atoms with E-state index >= 15 is 0 Å². The molecule has 2 spiro atoms. The van der Waals surface area contributed by atoms with Crippen LogP contribution in [0.15, 0.2) is 11.6 Å². The molecule has 2 saturated heterocycles. The van der Waals surface area contributed by atoms with Crippen LogP contribution in [0.3, 0.4) is 0 Å². The third-order valence-corrected chi connectivity index (χ3v) is 12.8. The molecule has 4 heteroatoms. The van der Waals surface area contributed by atoms with Crippen LogP contribution in [0.1, 0.15) is 64.7 Å². The SMILES string of the molecule is CCC12CCC3C4CCC5(C=C4CCC3C1CCC21OCCO1)SCCS5. The Bertz CT molecular complexity index is 634. The zero-order valence-electron chi connectivity index (χ0n) is 16.7. The largest absolute Gasteiger partial charge is 0.347 e. The lowest BCUT2D eigenvalue weighted by molar-refractivity contribution is -0.248. The first-order chi connectivity index (χ1) is 13.2. The number of thioether (sulfide) groups is 2. The zero-order chi connectivity index (χ0) is 18.1. The molecule has 0 radical (unpaired) electrons. The average Bonchev–Trinajstić information content (AvgIpc) is 3.43. The first-order valence-electron chi connectivity index (χ1n) is 11.5. The van der Waals surface area contributed by atoms with Gasteiger partial charge in [-0.25, -0.2) is 0 Å². The second kappa shape index (κ2) is 6.43. The topological polar surface area (TPSA) is 18.5 Å². The molecule has 0 amide bonds. The Morgan fingerprint density at radius 2 is 1.78 bits per heavy atom. The third kappa shape index (κ3) is 2.42. The van der Waals surface area contributed by atoms with E-state index in [1.165, 1.54) is 62.9 Å². The average molecular weight is 407 g/mol. The lowest BCUT2D eigenvalue weighted by Crippen LogP contribution is -2.54. The fourth-order valence-corrected chi connectivity index (χ4v) is 11.6. The molecule has 4 aliphatic carbocycles. The van der Waals surface area contributed by atoms with Crippen LogP contribution in [0.25, 0.3) is 0 Å². The van der Waals surface area contributed by atoms with Crippen LogP contribution in [0, 0.1) is 29.1 Å². The molecule has 150 valence electrons. The van der Waals surface area contributed by atoms with Crippen LogP contribution < -0.4 is 0 Å². The van der Waals surface area contributed by atoms with Crippen molar-refractivity contribution < 1.29 is 9.47 Å². The monoisotopic (exact) mass is 406 g/mol. The summed E-state index contributed by atoms with van der Waals surface area (Å²) in [6.45, 7) is 4.05. The molecule has 27 heavy (non-hydrogen) atoms. The van der Waals surface area contributed by atoms with E-state index in [4.69, 9.17) is 9.47 Å². The molecule has 0 aromatic carbocycles. The van der Waals surface area contributed by atoms with Crippen molar-refractivity contribution in [3.8, 4) is 0 Å². The summed E-state index contributed by atoms with van der Waals surface area (Å²) < 4.78 is 13.2. The fraction of sp³-hybridized carbons (Fsp3) is 0.913. The van der Waals surface area contributed by atoms with Crippen LogP contribution in [0.2, 0.25) is 0 Å². The van der Waals surface area contributed by atoms with E-state index < -0.39 is 0 Å². The summed E-state index contributed by atoms with van der Waals surface area (Å²) in [4.78, 5) is 0. The summed E-state index contributed by atoms with van der Waals surface area (Å²) in [6, 6.07) is 0. The van der Waals surface area contributed by atoms with Gasteiger partial charge in [0.05, 0.1) is 17.3 Å². The number of allylic oxidation sites excluding steroid dienone is 1. The van der Waals surface area contributed by atoms with Gasteiger partial charge in [-0.2, -0.15) is 0 Å². The Labute approximate surface area is 173 Å². The van der Waals surface area contributed by atoms with Crippen molar-refractivity contribution in [2.45, 2.75) is 74.6 Å². The number of hydrogen-bond donors (Lipinski definition) is 0. The van der Waals surface area contributed by atoms with E-state index in [2.05, 4.69) is 36.5 Å². The number of rotatable bonds is 1. The molecular formula is C23H34O2S2. The second-order valence-electron chi connectivity index (χ2n) is 9.88. The molecule has 5 fully saturated rings. The van der Waals surface area contributed by atoms with Crippen molar-refractivity contribution in [2.24, 2.45) is 29.1 Å². The normalized spacial score (nSPS) is 46.9. The maximum atomic E-state index is 6.38. The van der Waals surface area contributed by atoms with Crippen molar-refractivity contribution in [3.05, 3.63) is 11.6 Å². The summed E-state index contributed by atoms with van der Waals surface area (Å²) in [5, 5.41) is 0. The molecule has 6 aliphatic rings. The van der Waals surface area contributed by atoms with Crippen molar-refractivity contribution >= 4 is 23.5 Å². The van der Waals surface area contributed by atoms with Gasteiger partial charge in [0.1, 0.15) is 0 Å². The van der Waals surface area contributed by atoms with Gasteiger partial charge in [-0.3, -0.25) is 0 Å². The highest BCUT2D eigenvalue weighted by atomic mass is 32.2. The van der Waals surface area contributed by atoms with Crippen molar-refractivity contribution in [1.82, 2.24) is 0 Å². The van der Waals surface area contributed by atoms with Gasteiger partial charge >= 0.3 is 0 Å². The smallest absolute Gasteiger partial charge is 0.174 e. The lowest BCUT2D eigenvalue weighted by atomic mass is 9.50. The molecule has 0 aromatic heterocycles. The lowest BCUT2D eigenvalue weighted by Gasteiger charge is -2.57. The Balaban J connectivity index is 1.30. The Morgan fingerprint density at radius 1 is 0.963 bits per heavy atom. The predicted octanol–water partition coefficient (Wildman–Crippen LogP) is 5.87. The minimum atomic E-state index is -0.221. The van der Waals surface area contributed by atoms with Gasteiger partial charge in [0.25, 0.3) is 0 Å². The Morgan fingerprint density at radius 3 is 2.56 bits per heavy atom. The van der Waals surface area contributed by atoms with Gasteiger partial charge in [0.2, 0.25) is 0 Å². The molecule has 2 nitrogen and oxygen atoms in total. The maximum Gasteiger partial charge on any atom is 0.174 e. The third-order valence-electron chi connectivity index (χ3n) is 9.37. The predicted molar refractivity (Wildman–Crippen MR) is 114 cm³/mol. The van der Waals surface area contributed by atoms with E-state index in [-0.39, 0.29) is 5.79 Å². The molecule has 2 aliphatic heterocycles. The summed E-state index contributed by atoms with van der Waals surface area (Å²) in [5.41, 5.74) is 2.16. The zero-order valence-corrected chi connectivity index (χ0v) is 18.3. The van der Waals surface area contributed by atoms with Crippen molar-refractivity contribution in [3.63, 3.8) is 0 Å². The van der Waals surface area contributed by atoms with Gasteiger partial charge in [0, 0.05) is 23.3 Å². The standard InChI is InChI=1S/C23H34O2S2/c1-2-21-8-5-18-17-6-9-22(26-13-14-27-22)15-16(17)3-4-19(18)20(21)7-10-23(21)24-11-12-25-23/h15,17-20H,2-14H2,1H3. The number of fused-ring (bicyclic) bond motifs is 6. The van der Waals surface area contributed by atoms with Crippen molar-refractivity contribution in [2.75, 3.05) is 24.7 Å². The summed E-state index contributed by atoms with van der Waals surface area (Å²) in [6.07, 6.45) is 14.9. The van der Waals surface area contributed by atoms with Gasteiger partial charge < -0.3 is 9.47 Å². The van der Waals surface area contributed by atoms with Gasteiger partial charge in [-0.15, -0.1) is 23.5 Å². The maximum absolute atomic E-state index is 6.38. The van der Waals surface area contributed by atoms with Crippen LogP contribution in [0.5, 0.6) is 0 Å². The van der Waals surface area contributed by atoms with Crippen LogP contribution >= 0.6 is 23.5 Å². The Hall–Kier alpha value is 0.360. The quantitative estimate of drug-likeness (QED) is 0.507. The van der Waals surface area contributed by atoms with Crippen LogP contribution in [-0.2, 0) is 9.47 Å². The van der Waals surface area contributed by atoms with E-state index in [1.54, 1.807) is 0 Å². The van der Waals surface area contributed by atoms with E-state index in [0.29, 0.717) is 9.49 Å². The van der Waals surface area contributed by atoms with E-state index in [1.807, 2.05) is 5.57 Å². The molecule has 0 bridgehead atoms.